The van der Waals surface area contributed by atoms with Gasteiger partial charge in [-0.15, -0.1) is 0 Å². The van der Waals surface area contributed by atoms with Gasteiger partial charge in [-0.25, -0.2) is 4.79 Å². The number of nitrogens with zero attached hydrogens (tertiary/aromatic N) is 2. The summed E-state index contributed by atoms with van der Waals surface area (Å²) in [6.07, 6.45) is 2.05. The standard InChI is InChI=1S/C17H20N2O4/c1-2-23-17(22)15-10-12-9-13(20)5-6-14(12)19(15)11-16(21)18-7-3-4-8-18/h5-6,9-10,20H,2-4,7-8,11H2,1H3. The van der Waals surface area contributed by atoms with Crippen molar-refractivity contribution in [2.45, 2.75) is 26.3 Å². The van der Waals surface area contributed by atoms with Gasteiger partial charge in [-0.3, -0.25) is 4.79 Å². The van der Waals surface area contributed by atoms with E-state index in [1.165, 1.54) is 0 Å². The quantitative estimate of drug-likeness (QED) is 0.877. The summed E-state index contributed by atoms with van der Waals surface area (Å²) in [5.74, 6) is -0.341. The second-order valence-corrected chi connectivity index (χ2v) is 5.67. The summed E-state index contributed by atoms with van der Waals surface area (Å²) in [5.41, 5.74) is 1.07. The number of aromatic nitrogens is 1. The van der Waals surface area contributed by atoms with E-state index in [-0.39, 0.29) is 24.8 Å². The molecule has 1 aliphatic heterocycles. The minimum absolute atomic E-state index is 0.00127. The average Bonchev–Trinajstić information content (AvgIpc) is 3.15. The Morgan fingerprint density at radius 1 is 1.22 bits per heavy atom. The Balaban J connectivity index is 1.99. The van der Waals surface area contributed by atoms with Crippen LogP contribution < -0.4 is 0 Å². The van der Waals surface area contributed by atoms with Gasteiger partial charge in [-0.1, -0.05) is 0 Å². The van der Waals surface area contributed by atoms with Crippen molar-refractivity contribution >= 4 is 22.8 Å². The van der Waals surface area contributed by atoms with E-state index in [1.807, 2.05) is 4.90 Å². The normalized spacial score (nSPS) is 14.4. The zero-order valence-corrected chi connectivity index (χ0v) is 13.1. The lowest BCUT2D eigenvalue weighted by molar-refractivity contribution is -0.130. The van der Waals surface area contributed by atoms with E-state index in [2.05, 4.69) is 0 Å². The largest absolute Gasteiger partial charge is 0.508 e. The zero-order chi connectivity index (χ0) is 16.4. The fourth-order valence-corrected chi connectivity index (χ4v) is 3.00. The molecular weight excluding hydrogens is 296 g/mol. The lowest BCUT2D eigenvalue weighted by atomic mass is 10.2. The molecule has 2 heterocycles. The fourth-order valence-electron chi connectivity index (χ4n) is 3.00. The minimum atomic E-state index is -0.461. The number of aromatic hydroxyl groups is 1. The molecule has 122 valence electrons. The second kappa shape index (κ2) is 6.32. The van der Waals surface area contributed by atoms with Crippen LogP contribution >= 0.6 is 0 Å². The third kappa shape index (κ3) is 3.02. The summed E-state index contributed by atoms with van der Waals surface area (Å²) in [4.78, 5) is 26.5. The van der Waals surface area contributed by atoms with Crippen molar-refractivity contribution in [3.05, 3.63) is 30.0 Å². The van der Waals surface area contributed by atoms with Crippen molar-refractivity contribution in [2.24, 2.45) is 0 Å². The molecule has 1 saturated heterocycles. The van der Waals surface area contributed by atoms with Crippen LogP contribution in [0, 0.1) is 0 Å². The molecule has 3 rings (SSSR count). The molecule has 6 nitrogen and oxygen atoms in total. The van der Waals surface area contributed by atoms with Gasteiger partial charge in [0.05, 0.1) is 6.61 Å². The Morgan fingerprint density at radius 3 is 2.65 bits per heavy atom. The van der Waals surface area contributed by atoms with Gasteiger partial charge in [0.25, 0.3) is 0 Å². The van der Waals surface area contributed by atoms with Crippen molar-refractivity contribution in [3.8, 4) is 5.75 Å². The first-order valence-electron chi connectivity index (χ1n) is 7.87. The monoisotopic (exact) mass is 316 g/mol. The molecule has 2 aromatic rings. The first-order valence-corrected chi connectivity index (χ1v) is 7.87. The van der Waals surface area contributed by atoms with E-state index >= 15 is 0 Å². The molecule has 0 spiro atoms. The molecule has 1 fully saturated rings. The van der Waals surface area contributed by atoms with Crippen LogP contribution in [0.2, 0.25) is 0 Å². The SMILES string of the molecule is CCOC(=O)c1cc2cc(O)ccc2n1CC(=O)N1CCCC1. The predicted molar refractivity (Wildman–Crippen MR) is 85.4 cm³/mol. The highest BCUT2D eigenvalue weighted by Crippen LogP contribution is 2.25. The Hall–Kier alpha value is -2.50. The summed E-state index contributed by atoms with van der Waals surface area (Å²) < 4.78 is 6.76. The number of likely N-dealkylation sites (tertiary alicyclic amines) is 1. The zero-order valence-electron chi connectivity index (χ0n) is 13.1. The molecule has 0 saturated carbocycles. The molecule has 23 heavy (non-hydrogen) atoms. The van der Waals surface area contributed by atoms with E-state index in [0.717, 1.165) is 31.4 Å². The first-order chi connectivity index (χ1) is 11.1. The summed E-state index contributed by atoms with van der Waals surface area (Å²) in [6.45, 7) is 3.65. The third-order valence-corrected chi connectivity index (χ3v) is 4.12. The number of fused-ring (bicyclic) bond motifs is 1. The molecule has 0 aliphatic carbocycles. The van der Waals surface area contributed by atoms with Crippen molar-refractivity contribution in [3.63, 3.8) is 0 Å². The van der Waals surface area contributed by atoms with Crippen LogP contribution in [0.15, 0.2) is 24.3 Å². The summed E-state index contributed by atoms with van der Waals surface area (Å²) >= 11 is 0. The van der Waals surface area contributed by atoms with Crippen LogP contribution in [0.1, 0.15) is 30.3 Å². The molecule has 1 aromatic heterocycles. The van der Waals surface area contributed by atoms with Crippen molar-refractivity contribution in [2.75, 3.05) is 19.7 Å². The maximum Gasteiger partial charge on any atom is 0.354 e. The number of carbonyl (C=O) groups excluding carboxylic acids is 2. The van der Waals surface area contributed by atoms with Gasteiger partial charge in [0, 0.05) is 24.0 Å². The molecular formula is C17H20N2O4. The highest BCUT2D eigenvalue weighted by molar-refractivity contribution is 5.97. The molecule has 1 aliphatic rings. The van der Waals surface area contributed by atoms with Crippen LogP contribution in [-0.4, -0.2) is 46.1 Å². The van der Waals surface area contributed by atoms with Crippen molar-refractivity contribution in [1.82, 2.24) is 9.47 Å². The topological polar surface area (TPSA) is 71.8 Å². The smallest absolute Gasteiger partial charge is 0.354 e. The molecule has 0 unspecified atom stereocenters. The first kappa shape index (κ1) is 15.4. The number of benzene rings is 1. The van der Waals surface area contributed by atoms with E-state index in [9.17, 15) is 14.7 Å². The lowest BCUT2D eigenvalue weighted by Gasteiger charge is -2.17. The second-order valence-electron chi connectivity index (χ2n) is 5.67. The average molecular weight is 316 g/mol. The maximum absolute atomic E-state index is 12.5. The molecule has 0 radical (unpaired) electrons. The Kier molecular flexibility index (Phi) is 4.23. The van der Waals surface area contributed by atoms with Gasteiger partial charge in [0.15, 0.2) is 0 Å². The van der Waals surface area contributed by atoms with Gasteiger partial charge in [0.1, 0.15) is 18.0 Å². The number of carbonyl (C=O) groups is 2. The summed E-state index contributed by atoms with van der Waals surface area (Å²) in [5, 5.41) is 10.3. The van der Waals surface area contributed by atoms with Crippen LogP contribution in [0.4, 0.5) is 0 Å². The van der Waals surface area contributed by atoms with Crippen LogP contribution in [0.3, 0.4) is 0 Å². The van der Waals surface area contributed by atoms with Crippen LogP contribution in [0.5, 0.6) is 5.75 Å². The van der Waals surface area contributed by atoms with Gasteiger partial charge in [-0.05, 0) is 44.0 Å². The Bertz CT molecular complexity index is 744. The van der Waals surface area contributed by atoms with Gasteiger partial charge >= 0.3 is 5.97 Å². The molecule has 1 N–H and O–H groups in total. The van der Waals surface area contributed by atoms with Crippen LogP contribution in [0.25, 0.3) is 10.9 Å². The summed E-state index contributed by atoms with van der Waals surface area (Å²) in [7, 11) is 0. The Morgan fingerprint density at radius 2 is 1.96 bits per heavy atom. The third-order valence-electron chi connectivity index (χ3n) is 4.12. The van der Waals surface area contributed by atoms with E-state index in [0.29, 0.717) is 11.1 Å². The number of phenols is 1. The number of rotatable bonds is 4. The van der Waals surface area contributed by atoms with E-state index in [4.69, 9.17) is 4.74 Å². The van der Waals surface area contributed by atoms with Gasteiger partial charge in [0.2, 0.25) is 5.91 Å². The molecule has 0 atom stereocenters. The lowest BCUT2D eigenvalue weighted by Crippen LogP contribution is -2.32. The fraction of sp³-hybridized carbons (Fsp3) is 0.412. The van der Waals surface area contributed by atoms with Crippen molar-refractivity contribution < 1.29 is 19.4 Å². The highest BCUT2D eigenvalue weighted by atomic mass is 16.5. The van der Waals surface area contributed by atoms with Crippen LogP contribution in [-0.2, 0) is 16.1 Å². The van der Waals surface area contributed by atoms with Gasteiger partial charge < -0.3 is 19.3 Å². The number of phenolic OH excluding ortho intramolecular Hbond substituents is 1. The van der Waals surface area contributed by atoms with E-state index in [1.54, 1.807) is 35.8 Å². The molecule has 6 heteroatoms. The van der Waals surface area contributed by atoms with E-state index < -0.39 is 5.97 Å². The summed E-state index contributed by atoms with van der Waals surface area (Å²) in [6, 6.07) is 6.50. The predicted octanol–water partition coefficient (Wildman–Crippen LogP) is 2.15. The molecule has 1 aromatic carbocycles. The van der Waals surface area contributed by atoms with Crippen molar-refractivity contribution in [1.29, 1.82) is 0 Å². The Labute approximate surface area is 134 Å². The number of ether oxygens (including phenoxy) is 1. The number of hydrogen-bond acceptors (Lipinski definition) is 4. The minimum Gasteiger partial charge on any atom is -0.508 e. The van der Waals surface area contributed by atoms with Gasteiger partial charge in [-0.2, -0.15) is 0 Å². The highest BCUT2D eigenvalue weighted by Gasteiger charge is 2.23. The molecule has 0 bridgehead atoms. The maximum atomic E-state index is 12.5. The molecule has 1 amide bonds. The number of amides is 1. The number of esters is 1. The number of hydrogen-bond donors (Lipinski definition) is 1.